The van der Waals surface area contributed by atoms with E-state index < -0.39 is 0 Å². The summed E-state index contributed by atoms with van der Waals surface area (Å²) in [5.41, 5.74) is 1.25. The zero-order valence-electron chi connectivity index (χ0n) is 10.1. The first-order valence-electron chi connectivity index (χ1n) is 5.64. The van der Waals surface area contributed by atoms with E-state index >= 15 is 0 Å². The Kier molecular flexibility index (Phi) is 4.58. The van der Waals surface area contributed by atoms with E-state index in [2.05, 4.69) is 37.2 Å². The molecule has 0 radical (unpaired) electrons. The van der Waals surface area contributed by atoms with E-state index in [1.165, 1.54) is 18.2 Å². The monoisotopic (exact) mass is 389 g/mol. The summed E-state index contributed by atoms with van der Waals surface area (Å²) in [5.74, 6) is -0.644. The van der Waals surface area contributed by atoms with Crippen LogP contribution in [-0.2, 0) is 0 Å². The van der Waals surface area contributed by atoms with Crippen molar-refractivity contribution in [2.24, 2.45) is 0 Å². The predicted octanol–water partition coefficient (Wildman–Crippen LogP) is 5.66. The molecule has 1 nitrogen and oxygen atoms in total. The van der Waals surface area contributed by atoms with Crippen LogP contribution in [0.2, 0.25) is 0 Å². The van der Waals surface area contributed by atoms with E-state index in [4.69, 9.17) is 0 Å². The standard InChI is InChI=1S/C14H11Br2F2N/c1-8(10-6-5-9(17)7-12(10)16)19-14-11(15)3-2-4-13(14)18/h2-8,19H,1H3. The van der Waals surface area contributed by atoms with Crippen molar-refractivity contribution < 1.29 is 8.78 Å². The van der Waals surface area contributed by atoms with Gasteiger partial charge in [-0.3, -0.25) is 0 Å². The maximum absolute atomic E-state index is 13.7. The number of anilines is 1. The highest BCUT2D eigenvalue weighted by Crippen LogP contribution is 2.31. The summed E-state index contributed by atoms with van der Waals surface area (Å²) < 4.78 is 28.1. The fraction of sp³-hybridized carbons (Fsp3) is 0.143. The molecular formula is C14H11Br2F2N. The first kappa shape index (κ1) is 14.5. The summed E-state index contributed by atoms with van der Waals surface area (Å²) in [6.45, 7) is 1.89. The Hall–Kier alpha value is -0.940. The number of halogens is 4. The Labute approximate surface area is 127 Å². The molecule has 2 aromatic rings. The highest BCUT2D eigenvalue weighted by atomic mass is 79.9. The van der Waals surface area contributed by atoms with Gasteiger partial charge in [-0.15, -0.1) is 0 Å². The van der Waals surface area contributed by atoms with Gasteiger partial charge >= 0.3 is 0 Å². The van der Waals surface area contributed by atoms with Gasteiger partial charge < -0.3 is 5.32 Å². The Balaban J connectivity index is 2.28. The molecule has 0 aliphatic rings. The second kappa shape index (κ2) is 6.01. The lowest BCUT2D eigenvalue weighted by atomic mass is 10.1. The van der Waals surface area contributed by atoms with Gasteiger partial charge in [0, 0.05) is 15.0 Å². The first-order chi connectivity index (χ1) is 8.99. The van der Waals surface area contributed by atoms with Crippen molar-refractivity contribution >= 4 is 37.5 Å². The average molecular weight is 391 g/mol. The molecule has 0 heterocycles. The Morgan fingerprint density at radius 2 is 1.79 bits per heavy atom. The van der Waals surface area contributed by atoms with E-state index in [9.17, 15) is 8.78 Å². The molecule has 0 aromatic heterocycles. The molecule has 2 aromatic carbocycles. The molecule has 1 unspecified atom stereocenters. The van der Waals surface area contributed by atoms with Gasteiger partial charge in [0.2, 0.25) is 0 Å². The van der Waals surface area contributed by atoms with Crippen molar-refractivity contribution in [2.45, 2.75) is 13.0 Å². The molecule has 1 N–H and O–H groups in total. The summed E-state index contributed by atoms with van der Waals surface area (Å²) >= 11 is 6.62. The van der Waals surface area contributed by atoms with Crippen LogP contribution in [0.1, 0.15) is 18.5 Å². The number of rotatable bonds is 3. The number of hydrogen-bond donors (Lipinski definition) is 1. The molecule has 0 saturated heterocycles. The van der Waals surface area contributed by atoms with Gasteiger partial charge in [0.05, 0.1) is 5.69 Å². The van der Waals surface area contributed by atoms with Crippen molar-refractivity contribution in [3.8, 4) is 0 Å². The highest BCUT2D eigenvalue weighted by Gasteiger charge is 2.13. The topological polar surface area (TPSA) is 12.0 Å². The van der Waals surface area contributed by atoms with Crippen LogP contribution in [-0.4, -0.2) is 0 Å². The van der Waals surface area contributed by atoms with Gasteiger partial charge in [-0.05, 0) is 52.7 Å². The molecule has 0 spiro atoms. The van der Waals surface area contributed by atoms with E-state index in [0.29, 0.717) is 14.6 Å². The minimum absolute atomic E-state index is 0.164. The third kappa shape index (κ3) is 3.34. The van der Waals surface area contributed by atoms with Crippen molar-refractivity contribution in [3.63, 3.8) is 0 Å². The molecular weight excluding hydrogens is 380 g/mol. The van der Waals surface area contributed by atoms with E-state index in [1.54, 1.807) is 18.2 Å². The summed E-state index contributed by atoms with van der Waals surface area (Å²) in [6.07, 6.45) is 0. The maximum atomic E-state index is 13.7. The fourth-order valence-electron chi connectivity index (χ4n) is 1.78. The molecule has 0 fully saturated rings. The Morgan fingerprint density at radius 3 is 2.42 bits per heavy atom. The largest absolute Gasteiger partial charge is 0.375 e. The highest BCUT2D eigenvalue weighted by molar-refractivity contribution is 9.11. The minimum atomic E-state index is -0.334. The van der Waals surface area contributed by atoms with Gasteiger partial charge in [-0.1, -0.05) is 28.1 Å². The number of para-hydroxylation sites is 1. The summed E-state index contributed by atoms with van der Waals surface area (Å²) in [7, 11) is 0. The molecule has 0 bridgehead atoms. The van der Waals surface area contributed by atoms with E-state index in [-0.39, 0.29) is 17.7 Å². The van der Waals surface area contributed by atoms with Crippen LogP contribution < -0.4 is 5.32 Å². The van der Waals surface area contributed by atoms with Crippen LogP contribution >= 0.6 is 31.9 Å². The molecule has 19 heavy (non-hydrogen) atoms. The normalized spacial score (nSPS) is 12.3. The fourth-order valence-corrected chi connectivity index (χ4v) is 2.93. The molecule has 1 atom stereocenters. The average Bonchev–Trinajstić information content (AvgIpc) is 2.33. The molecule has 2 rings (SSSR count). The molecule has 0 saturated carbocycles. The van der Waals surface area contributed by atoms with Crippen LogP contribution in [0, 0.1) is 11.6 Å². The first-order valence-corrected chi connectivity index (χ1v) is 7.23. The zero-order valence-corrected chi connectivity index (χ0v) is 13.2. The van der Waals surface area contributed by atoms with Crippen molar-refractivity contribution in [2.75, 3.05) is 5.32 Å². The molecule has 0 amide bonds. The van der Waals surface area contributed by atoms with E-state index in [0.717, 1.165) is 5.56 Å². The molecule has 5 heteroatoms. The lowest BCUT2D eigenvalue weighted by molar-refractivity contribution is 0.622. The van der Waals surface area contributed by atoms with Gasteiger partial charge in [-0.2, -0.15) is 0 Å². The van der Waals surface area contributed by atoms with Gasteiger partial charge in [-0.25, -0.2) is 8.78 Å². The van der Waals surface area contributed by atoms with Crippen LogP contribution in [0.15, 0.2) is 45.3 Å². The summed E-state index contributed by atoms with van der Waals surface area (Å²) in [4.78, 5) is 0. The minimum Gasteiger partial charge on any atom is -0.375 e. The Bertz CT molecular complexity index is 582. The summed E-state index contributed by atoms with van der Waals surface area (Å²) in [6, 6.07) is 9.06. The second-order valence-corrected chi connectivity index (χ2v) is 5.84. The van der Waals surface area contributed by atoms with Crippen LogP contribution in [0.25, 0.3) is 0 Å². The SMILES string of the molecule is CC(Nc1c(F)cccc1Br)c1ccc(F)cc1Br. The number of nitrogens with one attached hydrogen (secondary N) is 1. The third-order valence-corrected chi connectivity index (χ3v) is 4.10. The van der Waals surface area contributed by atoms with E-state index in [1.807, 2.05) is 6.92 Å². The van der Waals surface area contributed by atoms with Crippen LogP contribution in [0.3, 0.4) is 0 Å². The predicted molar refractivity (Wildman–Crippen MR) is 80.2 cm³/mol. The number of hydrogen-bond acceptors (Lipinski definition) is 1. The lowest BCUT2D eigenvalue weighted by Gasteiger charge is -2.18. The van der Waals surface area contributed by atoms with Gasteiger partial charge in [0.15, 0.2) is 0 Å². The smallest absolute Gasteiger partial charge is 0.147 e. The molecule has 100 valence electrons. The second-order valence-electron chi connectivity index (χ2n) is 4.13. The third-order valence-electron chi connectivity index (χ3n) is 2.75. The number of benzene rings is 2. The summed E-state index contributed by atoms with van der Waals surface area (Å²) in [5, 5.41) is 3.08. The maximum Gasteiger partial charge on any atom is 0.147 e. The van der Waals surface area contributed by atoms with Crippen molar-refractivity contribution in [3.05, 3.63) is 62.5 Å². The quantitative estimate of drug-likeness (QED) is 0.712. The lowest BCUT2D eigenvalue weighted by Crippen LogP contribution is -2.09. The molecule has 0 aliphatic carbocycles. The van der Waals surface area contributed by atoms with Crippen LogP contribution in [0.4, 0.5) is 14.5 Å². The molecule has 0 aliphatic heterocycles. The van der Waals surface area contributed by atoms with Gasteiger partial charge in [0.25, 0.3) is 0 Å². The Morgan fingerprint density at radius 1 is 1.05 bits per heavy atom. The van der Waals surface area contributed by atoms with Crippen molar-refractivity contribution in [1.29, 1.82) is 0 Å². The van der Waals surface area contributed by atoms with Crippen molar-refractivity contribution in [1.82, 2.24) is 0 Å². The van der Waals surface area contributed by atoms with Gasteiger partial charge in [0.1, 0.15) is 11.6 Å². The van der Waals surface area contributed by atoms with Crippen LogP contribution in [0.5, 0.6) is 0 Å². The zero-order chi connectivity index (χ0) is 14.0.